The van der Waals surface area contributed by atoms with Crippen LogP contribution in [0.5, 0.6) is 0 Å². The van der Waals surface area contributed by atoms with Crippen molar-refractivity contribution in [3.63, 3.8) is 0 Å². The van der Waals surface area contributed by atoms with E-state index < -0.39 is 0 Å². The highest BCUT2D eigenvalue weighted by Gasteiger charge is 2.33. The van der Waals surface area contributed by atoms with Crippen molar-refractivity contribution >= 4 is 51.2 Å². The van der Waals surface area contributed by atoms with E-state index in [0.29, 0.717) is 5.02 Å². The summed E-state index contributed by atoms with van der Waals surface area (Å²) in [5, 5.41) is 10.9. The fourth-order valence-corrected chi connectivity index (χ4v) is 4.34. The van der Waals surface area contributed by atoms with Gasteiger partial charge in [0.25, 0.3) is 0 Å². The molecule has 0 saturated carbocycles. The summed E-state index contributed by atoms with van der Waals surface area (Å²) >= 11 is 7.30. The van der Waals surface area contributed by atoms with Crippen LogP contribution in [0.15, 0.2) is 60.0 Å². The van der Waals surface area contributed by atoms with E-state index >= 15 is 0 Å². The fourth-order valence-electron chi connectivity index (χ4n) is 3.31. The minimum absolute atomic E-state index is 0.0877. The lowest BCUT2D eigenvalue weighted by molar-refractivity contribution is -0.113. The smallest absolute Gasteiger partial charge is 0.234 e. The highest BCUT2D eigenvalue weighted by Crippen LogP contribution is 2.31. The van der Waals surface area contributed by atoms with E-state index in [1.165, 1.54) is 11.8 Å². The van der Waals surface area contributed by atoms with Gasteiger partial charge in [0, 0.05) is 24.3 Å². The Hall–Kier alpha value is -2.71. The number of halogens is 1. The number of hydrazone groups is 1. The molecule has 3 aromatic rings. The number of nitrogens with one attached hydrogen (secondary N) is 1. The Balaban J connectivity index is 1.45. The number of hydrogen-bond acceptors (Lipinski definition) is 6. The maximum absolute atomic E-state index is 12.3. The number of imidazole rings is 1. The van der Waals surface area contributed by atoms with Gasteiger partial charge in [-0.05, 0) is 43.3 Å². The Kier molecular flexibility index (Phi) is 5.64. The van der Waals surface area contributed by atoms with Crippen LogP contribution in [0.4, 0.5) is 5.69 Å². The Labute approximate surface area is 178 Å². The molecule has 4 rings (SSSR count). The number of fused-ring (bicyclic) bond motifs is 1. The van der Waals surface area contributed by atoms with Gasteiger partial charge in [0.1, 0.15) is 0 Å². The maximum atomic E-state index is 12.3. The third-order valence-electron chi connectivity index (χ3n) is 4.63. The SMILES string of the molecule is CCN1C(SCC(=O)Nc2ccc(Cl)cc2)=NN(C)C1n1cnc2ccccc21. The van der Waals surface area contributed by atoms with Crippen molar-refractivity contribution in [1.29, 1.82) is 0 Å². The molecule has 1 atom stereocenters. The van der Waals surface area contributed by atoms with Crippen molar-refractivity contribution in [2.45, 2.75) is 13.2 Å². The number of amidine groups is 1. The van der Waals surface area contributed by atoms with Gasteiger partial charge >= 0.3 is 0 Å². The number of rotatable bonds is 5. The summed E-state index contributed by atoms with van der Waals surface area (Å²) in [6.45, 7) is 2.83. The molecule has 1 aromatic heterocycles. The van der Waals surface area contributed by atoms with Gasteiger partial charge in [0.05, 0.1) is 23.1 Å². The lowest BCUT2D eigenvalue weighted by Gasteiger charge is -2.30. The standard InChI is InChI=1S/C20H21ClN6OS/c1-3-26-19(29-12-18(28)23-15-10-8-14(21)9-11-15)24-25(2)20(26)27-13-22-16-6-4-5-7-17(16)27/h4-11,13,20H,3,12H2,1-2H3,(H,23,28). The van der Waals surface area contributed by atoms with Crippen LogP contribution in [0.1, 0.15) is 13.2 Å². The fraction of sp³-hybridized carbons (Fsp3) is 0.250. The first kappa shape index (κ1) is 19.6. The first-order valence-corrected chi connectivity index (χ1v) is 10.6. The second kappa shape index (κ2) is 8.34. The number of carbonyl (C=O) groups excluding carboxylic acids is 1. The quantitative estimate of drug-likeness (QED) is 0.663. The van der Waals surface area contributed by atoms with E-state index in [1.807, 2.05) is 36.6 Å². The van der Waals surface area contributed by atoms with Crippen molar-refractivity contribution < 1.29 is 4.79 Å². The molecule has 2 aromatic carbocycles. The zero-order chi connectivity index (χ0) is 20.4. The predicted molar refractivity (Wildman–Crippen MR) is 119 cm³/mol. The summed E-state index contributed by atoms with van der Waals surface area (Å²) < 4.78 is 2.10. The summed E-state index contributed by atoms with van der Waals surface area (Å²) in [5.74, 6) is 0.179. The van der Waals surface area contributed by atoms with Gasteiger partial charge in [-0.15, -0.1) is 5.10 Å². The Morgan fingerprint density at radius 2 is 1.97 bits per heavy atom. The topological polar surface area (TPSA) is 65.8 Å². The molecule has 1 aliphatic heterocycles. The van der Waals surface area contributed by atoms with Crippen molar-refractivity contribution in [3.05, 3.63) is 59.9 Å². The molecule has 1 N–H and O–H groups in total. The van der Waals surface area contributed by atoms with Crippen LogP contribution >= 0.6 is 23.4 Å². The van der Waals surface area contributed by atoms with E-state index in [-0.39, 0.29) is 17.9 Å². The minimum Gasteiger partial charge on any atom is -0.325 e. The summed E-state index contributed by atoms with van der Waals surface area (Å²) in [4.78, 5) is 19.0. The number of para-hydroxylation sites is 2. The van der Waals surface area contributed by atoms with Gasteiger partial charge < -0.3 is 10.2 Å². The van der Waals surface area contributed by atoms with E-state index in [4.69, 9.17) is 11.6 Å². The minimum atomic E-state index is -0.116. The van der Waals surface area contributed by atoms with Crippen LogP contribution in [-0.2, 0) is 4.79 Å². The van der Waals surface area contributed by atoms with Crippen molar-refractivity contribution in [3.8, 4) is 0 Å². The second-order valence-electron chi connectivity index (χ2n) is 6.57. The Morgan fingerprint density at radius 1 is 1.21 bits per heavy atom. The molecule has 0 spiro atoms. The summed E-state index contributed by atoms with van der Waals surface area (Å²) in [7, 11) is 1.93. The van der Waals surface area contributed by atoms with E-state index in [9.17, 15) is 4.79 Å². The zero-order valence-corrected chi connectivity index (χ0v) is 17.7. The molecule has 1 unspecified atom stereocenters. The van der Waals surface area contributed by atoms with Gasteiger partial charge in [0.2, 0.25) is 12.2 Å². The normalized spacial score (nSPS) is 16.4. The molecular formula is C20H21ClN6OS. The molecule has 0 bridgehead atoms. The number of thioether (sulfide) groups is 1. The molecule has 29 heavy (non-hydrogen) atoms. The summed E-state index contributed by atoms with van der Waals surface area (Å²) in [6, 6.07) is 15.1. The molecule has 150 valence electrons. The molecule has 0 radical (unpaired) electrons. The molecular weight excluding hydrogens is 408 g/mol. The van der Waals surface area contributed by atoms with Crippen molar-refractivity contribution in [2.75, 3.05) is 24.7 Å². The molecule has 0 saturated heterocycles. The molecule has 2 heterocycles. The van der Waals surface area contributed by atoms with Gasteiger partial charge in [-0.2, -0.15) is 0 Å². The van der Waals surface area contributed by atoms with Gasteiger partial charge in [-0.25, -0.2) is 4.98 Å². The third kappa shape index (κ3) is 4.04. The van der Waals surface area contributed by atoms with Crippen LogP contribution in [-0.4, -0.2) is 49.9 Å². The first-order valence-electron chi connectivity index (χ1n) is 9.24. The molecule has 1 aliphatic rings. The van der Waals surface area contributed by atoms with Gasteiger partial charge in [-0.3, -0.25) is 14.4 Å². The van der Waals surface area contributed by atoms with Crippen LogP contribution in [0.2, 0.25) is 5.02 Å². The van der Waals surface area contributed by atoms with Crippen LogP contribution in [0, 0.1) is 0 Å². The highest BCUT2D eigenvalue weighted by atomic mass is 35.5. The number of hydrogen-bond donors (Lipinski definition) is 1. The van der Waals surface area contributed by atoms with Crippen LogP contribution in [0.25, 0.3) is 11.0 Å². The van der Waals surface area contributed by atoms with Gasteiger partial charge in [0.15, 0.2) is 5.17 Å². The van der Waals surface area contributed by atoms with Crippen molar-refractivity contribution in [2.24, 2.45) is 5.10 Å². The molecule has 9 heteroatoms. The van der Waals surface area contributed by atoms with Gasteiger partial charge in [-0.1, -0.05) is 35.5 Å². The number of aromatic nitrogens is 2. The average Bonchev–Trinajstić information content (AvgIpc) is 3.28. The number of amides is 1. The average molecular weight is 429 g/mol. The summed E-state index contributed by atoms with van der Waals surface area (Å²) in [5.41, 5.74) is 2.71. The molecule has 7 nitrogen and oxygen atoms in total. The predicted octanol–water partition coefficient (Wildman–Crippen LogP) is 4.06. The zero-order valence-electron chi connectivity index (χ0n) is 16.1. The number of nitrogens with zero attached hydrogens (tertiary/aromatic N) is 5. The lowest BCUT2D eigenvalue weighted by atomic mass is 10.3. The second-order valence-corrected chi connectivity index (χ2v) is 7.95. The van der Waals surface area contributed by atoms with E-state index in [2.05, 4.69) is 37.9 Å². The van der Waals surface area contributed by atoms with Crippen LogP contribution in [0.3, 0.4) is 0 Å². The maximum Gasteiger partial charge on any atom is 0.234 e. The monoisotopic (exact) mass is 428 g/mol. The third-order valence-corrected chi connectivity index (χ3v) is 5.87. The Bertz CT molecular complexity index is 1050. The molecule has 0 aliphatic carbocycles. The van der Waals surface area contributed by atoms with Crippen molar-refractivity contribution in [1.82, 2.24) is 19.5 Å². The number of carbonyl (C=O) groups is 1. The number of benzene rings is 2. The van der Waals surface area contributed by atoms with Crippen LogP contribution < -0.4 is 5.32 Å². The first-order chi connectivity index (χ1) is 14.1. The van der Waals surface area contributed by atoms with E-state index in [1.54, 1.807) is 24.3 Å². The molecule has 1 amide bonds. The Morgan fingerprint density at radius 3 is 2.72 bits per heavy atom. The summed E-state index contributed by atoms with van der Waals surface area (Å²) in [6.07, 6.45) is 1.72. The van der Waals surface area contributed by atoms with E-state index in [0.717, 1.165) is 28.4 Å². The highest BCUT2D eigenvalue weighted by molar-refractivity contribution is 8.14. The lowest BCUT2D eigenvalue weighted by Crippen LogP contribution is -2.37. The molecule has 0 fully saturated rings. The largest absolute Gasteiger partial charge is 0.325 e. The number of anilines is 1.